The summed E-state index contributed by atoms with van der Waals surface area (Å²) in [6.45, 7) is 6.88. The van der Waals surface area contributed by atoms with Crippen molar-refractivity contribution in [1.82, 2.24) is 15.5 Å². The van der Waals surface area contributed by atoms with E-state index in [1.807, 2.05) is 13.0 Å². The van der Waals surface area contributed by atoms with Gasteiger partial charge in [-0.3, -0.25) is 9.69 Å². The van der Waals surface area contributed by atoms with Crippen molar-refractivity contribution in [3.05, 3.63) is 35.6 Å². The van der Waals surface area contributed by atoms with Crippen molar-refractivity contribution in [3.8, 4) is 0 Å². The summed E-state index contributed by atoms with van der Waals surface area (Å²) in [6.07, 6.45) is 1.95. The number of rotatable bonds is 7. The first-order valence-corrected chi connectivity index (χ1v) is 8.14. The molecule has 1 aliphatic rings. The van der Waals surface area contributed by atoms with E-state index in [-0.39, 0.29) is 42.5 Å². The van der Waals surface area contributed by atoms with Gasteiger partial charge in [0.15, 0.2) is 0 Å². The number of halogens is 3. The van der Waals surface area contributed by atoms with Crippen LogP contribution in [0.3, 0.4) is 0 Å². The second-order valence-electron chi connectivity index (χ2n) is 5.85. The van der Waals surface area contributed by atoms with Crippen LogP contribution in [0.15, 0.2) is 24.3 Å². The monoisotopic (exact) mass is 379 g/mol. The SMILES string of the molecule is CCNCCNC(=O)C1CCCN(Cc2cccc(F)c2)C1.Cl.Cl. The van der Waals surface area contributed by atoms with Crippen LogP contribution < -0.4 is 10.6 Å². The number of nitrogens with zero attached hydrogens (tertiary/aromatic N) is 1. The van der Waals surface area contributed by atoms with Gasteiger partial charge in [-0.05, 0) is 43.6 Å². The lowest BCUT2D eigenvalue weighted by Crippen LogP contribution is -2.44. The van der Waals surface area contributed by atoms with Crippen LogP contribution in [0.2, 0.25) is 0 Å². The first-order valence-electron chi connectivity index (χ1n) is 8.14. The third kappa shape index (κ3) is 7.79. The van der Waals surface area contributed by atoms with Gasteiger partial charge in [-0.25, -0.2) is 4.39 Å². The van der Waals surface area contributed by atoms with E-state index in [4.69, 9.17) is 0 Å². The van der Waals surface area contributed by atoms with Crippen molar-refractivity contribution >= 4 is 30.7 Å². The van der Waals surface area contributed by atoms with Gasteiger partial charge in [0.2, 0.25) is 5.91 Å². The van der Waals surface area contributed by atoms with Crippen LogP contribution in [0.25, 0.3) is 0 Å². The van der Waals surface area contributed by atoms with Crippen LogP contribution in [0.4, 0.5) is 4.39 Å². The van der Waals surface area contributed by atoms with Crippen molar-refractivity contribution < 1.29 is 9.18 Å². The fourth-order valence-corrected chi connectivity index (χ4v) is 2.90. The van der Waals surface area contributed by atoms with Gasteiger partial charge in [-0.1, -0.05) is 19.1 Å². The van der Waals surface area contributed by atoms with E-state index in [9.17, 15) is 9.18 Å². The fraction of sp³-hybridized carbons (Fsp3) is 0.588. The van der Waals surface area contributed by atoms with E-state index in [0.717, 1.165) is 44.6 Å². The maximum Gasteiger partial charge on any atom is 0.224 e. The molecular weight excluding hydrogens is 352 g/mol. The summed E-state index contributed by atoms with van der Waals surface area (Å²) in [6, 6.07) is 6.70. The summed E-state index contributed by atoms with van der Waals surface area (Å²) in [7, 11) is 0. The summed E-state index contributed by atoms with van der Waals surface area (Å²) in [5, 5.41) is 6.19. The minimum Gasteiger partial charge on any atom is -0.355 e. The lowest BCUT2D eigenvalue weighted by Gasteiger charge is -2.32. The van der Waals surface area contributed by atoms with Crippen molar-refractivity contribution in [2.45, 2.75) is 26.3 Å². The minimum atomic E-state index is -0.202. The lowest BCUT2D eigenvalue weighted by molar-refractivity contribution is -0.126. The second-order valence-corrected chi connectivity index (χ2v) is 5.85. The number of nitrogens with one attached hydrogen (secondary N) is 2. The zero-order valence-electron chi connectivity index (χ0n) is 14.1. The molecule has 0 aliphatic carbocycles. The smallest absolute Gasteiger partial charge is 0.224 e. The van der Waals surface area contributed by atoms with Crippen LogP contribution in [-0.2, 0) is 11.3 Å². The van der Waals surface area contributed by atoms with Gasteiger partial charge in [-0.2, -0.15) is 0 Å². The molecule has 0 saturated carbocycles. The summed E-state index contributed by atoms with van der Waals surface area (Å²) in [4.78, 5) is 14.4. The molecule has 4 nitrogen and oxygen atoms in total. The van der Waals surface area contributed by atoms with Crippen molar-refractivity contribution in [3.63, 3.8) is 0 Å². The van der Waals surface area contributed by atoms with E-state index in [1.165, 1.54) is 6.07 Å². The molecule has 2 N–H and O–H groups in total. The highest BCUT2D eigenvalue weighted by atomic mass is 35.5. The quantitative estimate of drug-likeness (QED) is 0.715. The molecule has 1 amide bonds. The standard InChI is InChI=1S/C17H26FN3O.2ClH/c1-2-19-8-9-20-17(22)15-6-4-10-21(13-15)12-14-5-3-7-16(18)11-14;;/h3,5,7,11,15,19H,2,4,6,8-10,12-13H2,1H3,(H,20,22);2*1H. The molecule has 0 aromatic heterocycles. The number of likely N-dealkylation sites (N-methyl/N-ethyl adjacent to an activating group) is 1. The van der Waals surface area contributed by atoms with Gasteiger partial charge in [0.1, 0.15) is 5.82 Å². The zero-order chi connectivity index (χ0) is 15.8. The van der Waals surface area contributed by atoms with E-state index in [0.29, 0.717) is 13.1 Å². The van der Waals surface area contributed by atoms with Crippen LogP contribution >= 0.6 is 24.8 Å². The topological polar surface area (TPSA) is 44.4 Å². The van der Waals surface area contributed by atoms with Gasteiger partial charge in [0, 0.05) is 26.2 Å². The van der Waals surface area contributed by atoms with Crippen LogP contribution in [-0.4, -0.2) is 43.5 Å². The fourth-order valence-electron chi connectivity index (χ4n) is 2.90. The third-order valence-corrected chi connectivity index (χ3v) is 4.02. The molecule has 24 heavy (non-hydrogen) atoms. The molecule has 2 rings (SSSR count). The average Bonchev–Trinajstić information content (AvgIpc) is 2.52. The molecule has 1 aromatic rings. The molecule has 0 spiro atoms. The maximum atomic E-state index is 13.2. The van der Waals surface area contributed by atoms with Crippen molar-refractivity contribution in [2.24, 2.45) is 5.92 Å². The van der Waals surface area contributed by atoms with Crippen LogP contribution in [0.1, 0.15) is 25.3 Å². The Balaban J connectivity index is 0.00000264. The van der Waals surface area contributed by atoms with E-state index >= 15 is 0 Å². The highest BCUT2D eigenvalue weighted by molar-refractivity contribution is 5.85. The normalized spacial score (nSPS) is 17.5. The molecule has 0 bridgehead atoms. The molecular formula is C17H28Cl2FN3O. The molecule has 1 unspecified atom stereocenters. The maximum absolute atomic E-state index is 13.2. The Kier molecular flexibility index (Phi) is 12.0. The van der Waals surface area contributed by atoms with Crippen LogP contribution in [0, 0.1) is 11.7 Å². The number of piperidine rings is 1. The first-order chi connectivity index (χ1) is 10.7. The number of likely N-dealkylation sites (tertiary alicyclic amines) is 1. The number of hydrogen-bond donors (Lipinski definition) is 2. The predicted octanol–water partition coefficient (Wildman–Crippen LogP) is 2.61. The molecule has 1 heterocycles. The van der Waals surface area contributed by atoms with E-state index in [2.05, 4.69) is 15.5 Å². The van der Waals surface area contributed by atoms with Gasteiger partial charge in [0.25, 0.3) is 0 Å². The summed E-state index contributed by atoms with van der Waals surface area (Å²) < 4.78 is 13.2. The molecule has 1 saturated heterocycles. The molecule has 1 fully saturated rings. The van der Waals surface area contributed by atoms with E-state index < -0.39 is 0 Å². The third-order valence-electron chi connectivity index (χ3n) is 4.02. The Hall–Kier alpha value is -0.880. The number of carbonyl (C=O) groups is 1. The Bertz CT molecular complexity index is 491. The Labute approximate surface area is 156 Å². The van der Waals surface area contributed by atoms with Crippen LogP contribution in [0.5, 0.6) is 0 Å². The summed E-state index contributed by atoms with van der Waals surface area (Å²) >= 11 is 0. The molecule has 7 heteroatoms. The predicted molar refractivity (Wildman–Crippen MR) is 100 cm³/mol. The molecule has 138 valence electrons. The molecule has 1 aromatic carbocycles. The number of benzene rings is 1. The molecule has 0 radical (unpaired) electrons. The van der Waals surface area contributed by atoms with Gasteiger partial charge in [-0.15, -0.1) is 24.8 Å². The minimum absolute atomic E-state index is 0. The van der Waals surface area contributed by atoms with Gasteiger partial charge >= 0.3 is 0 Å². The average molecular weight is 380 g/mol. The highest BCUT2D eigenvalue weighted by Crippen LogP contribution is 2.19. The lowest BCUT2D eigenvalue weighted by atomic mass is 9.96. The van der Waals surface area contributed by atoms with Gasteiger partial charge < -0.3 is 10.6 Å². The zero-order valence-corrected chi connectivity index (χ0v) is 15.7. The number of hydrogen-bond acceptors (Lipinski definition) is 3. The highest BCUT2D eigenvalue weighted by Gasteiger charge is 2.25. The van der Waals surface area contributed by atoms with Crippen molar-refractivity contribution in [1.29, 1.82) is 0 Å². The van der Waals surface area contributed by atoms with Crippen molar-refractivity contribution in [2.75, 3.05) is 32.7 Å². The summed E-state index contributed by atoms with van der Waals surface area (Å²) in [5.74, 6) is -0.0157. The Morgan fingerprint density at radius 3 is 2.83 bits per heavy atom. The van der Waals surface area contributed by atoms with E-state index in [1.54, 1.807) is 12.1 Å². The molecule has 1 aliphatic heterocycles. The Morgan fingerprint density at radius 2 is 2.12 bits per heavy atom. The Morgan fingerprint density at radius 1 is 1.33 bits per heavy atom. The second kappa shape index (κ2) is 12.5. The number of amides is 1. The summed E-state index contributed by atoms with van der Waals surface area (Å²) in [5.41, 5.74) is 0.966. The van der Waals surface area contributed by atoms with Gasteiger partial charge in [0.05, 0.1) is 5.92 Å². The molecule has 1 atom stereocenters. The largest absolute Gasteiger partial charge is 0.355 e. The first kappa shape index (κ1) is 23.1. The number of carbonyl (C=O) groups excluding carboxylic acids is 1.